The average Bonchev–Trinajstić information content (AvgIpc) is 2.79. The third kappa shape index (κ3) is 7.32. The minimum absolute atomic E-state index is 0.160. The molecule has 0 aliphatic carbocycles. The first-order chi connectivity index (χ1) is 15.1. The van der Waals surface area contributed by atoms with Gasteiger partial charge in [0.05, 0.1) is 12.1 Å². The van der Waals surface area contributed by atoms with Crippen molar-refractivity contribution in [3.05, 3.63) is 90.5 Å². The Kier molecular flexibility index (Phi) is 7.77. The number of carbonyl (C=O) groups is 3. The van der Waals surface area contributed by atoms with Crippen molar-refractivity contribution >= 4 is 23.5 Å². The van der Waals surface area contributed by atoms with E-state index < -0.39 is 18.5 Å². The number of rotatable bonds is 9. The molecule has 2 N–H and O–H groups in total. The van der Waals surface area contributed by atoms with Crippen LogP contribution in [0.3, 0.4) is 0 Å². The summed E-state index contributed by atoms with van der Waals surface area (Å²) in [7, 11) is 0. The van der Waals surface area contributed by atoms with Gasteiger partial charge in [0.1, 0.15) is 12.3 Å². The van der Waals surface area contributed by atoms with E-state index >= 15 is 0 Å². The van der Waals surface area contributed by atoms with Crippen LogP contribution in [0.25, 0.3) is 0 Å². The molecule has 3 rings (SSSR count). The molecule has 0 spiro atoms. The first kappa shape index (κ1) is 21.6. The second kappa shape index (κ2) is 11.2. The standard InChI is InChI=1S/C24H22N2O5/c27-22(15-18-9-3-1-4-10-18)25-16-24(29)30-17-23(28)26-20-13-7-8-14-21(20)31-19-11-5-2-6-12-19/h1-14H,15-17H2,(H,25,27)(H,26,28). The van der Waals surface area contributed by atoms with E-state index in [1.165, 1.54) is 0 Å². The van der Waals surface area contributed by atoms with Crippen molar-refractivity contribution in [2.45, 2.75) is 6.42 Å². The molecule has 0 aliphatic rings. The lowest BCUT2D eigenvalue weighted by atomic mass is 10.1. The molecule has 31 heavy (non-hydrogen) atoms. The minimum atomic E-state index is -0.703. The van der Waals surface area contributed by atoms with Crippen molar-refractivity contribution in [3.8, 4) is 11.5 Å². The maximum absolute atomic E-state index is 12.2. The predicted octanol–water partition coefficient (Wildman–Crippen LogP) is 3.32. The highest BCUT2D eigenvalue weighted by atomic mass is 16.5. The topological polar surface area (TPSA) is 93.7 Å². The van der Waals surface area contributed by atoms with Crippen LogP contribution in [0, 0.1) is 0 Å². The van der Waals surface area contributed by atoms with E-state index in [1.807, 2.05) is 48.5 Å². The molecular formula is C24H22N2O5. The Morgan fingerprint density at radius 2 is 1.39 bits per heavy atom. The van der Waals surface area contributed by atoms with Crippen LogP contribution in [0.15, 0.2) is 84.9 Å². The van der Waals surface area contributed by atoms with Crippen LogP contribution < -0.4 is 15.4 Å². The Morgan fingerprint density at radius 3 is 2.13 bits per heavy atom. The molecule has 0 atom stereocenters. The third-order valence-corrected chi connectivity index (χ3v) is 4.13. The van der Waals surface area contributed by atoms with Gasteiger partial charge < -0.3 is 20.1 Å². The summed E-state index contributed by atoms with van der Waals surface area (Å²) < 4.78 is 10.7. The lowest BCUT2D eigenvalue weighted by Gasteiger charge is -2.12. The summed E-state index contributed by atoms with van der Waals surface area (Å²) in [5.74, 6) is -0.443. The van der Waals surface area contributed by atoms with Crippen LogP contribution in [-0.4, -0.2) is 30.9 Å². The maximum Gasteiger partial charge on any atom is 0.325 e. The molecule has 0 aliphatic heterocycles. The lowest BCUT2D eigenvalue weighted by Crippen LogP contribution is -2.33. The Balaban J connectivity index is 1.43. The Morgan fingerprint density at radius 1 is 0.742 bits per heavy atom. The van der Waals surface area contributed by atoms with Crippen LogP contribution in [0.2, 0.25) is 0 Å². The monoisotopic (exact) mass is 418 g/mol. The number of esters is 1. The summed E-state index contributed by atoms with van der Waals surface area (Å²) >= 11 is 0. The molecule has 0 fully saturated rings. The molecule has 0 bridgehead atoms. The van der Waals surface area contributed by atoms with Gasteiger partial charge in [-0.2, -0.15) is 0 Å². The van der Waals surface area contributed by atoms with Crippen LogP contribution in [0.4, 0.5) is 5.69 Å². The van der Waals surface area contributed by atoms with E-state index in [4.69, 9.17) is 9.47 Å². The van der Waals surface area contributed by atoms with Gasteiger partial charge in [0.15, 0.2) is 12.4 Å². The van der Waals surface area contributed by atoms with Gasteiger partial charge in [0.2, 0.25) is 5.91 Å². The molecule has 0 heterocycles. The Labute approximate surface area is 180 Å². The van der Waals surface area contributed by atoms with E-state index in [-0.39, 0.29) is 18.9 Å². The first-order valence-electron chi connectivity index (χ1n) is 9.68. The number of hydrogen-bond acceptors (Lipinski definition) is 5. The predicted molar refractivity (Wildman–Crippen MR) is 116 cm³/mol. The normalized spacial score (nSPS) is 10.1. The highest BCUT2D eigenvalue weighted by molar-refractivity contribution is 5.94. The number of carbonyl (C=O) groups excluding carboxylic acids is 3. The van der Waals surface area contributed by atoms with Crippen LogP contribution in [0.5, 0.6) is 11.5 Å². The number of benzene rings is 3. The van der Waals surface area contributed by atoms with Crippen LogP contribution in [-0.2, 0) is 25.5 Å². The molecule has 2 amide bonds. The van der Waals surface area contributed by atoms with E-state index in [1.54, 1.807) is 36.4 Å². The fraction of sp³-hybridized carbons (Fsp3) is 0.125. The zero-order chi connectivity index (χ0) is 21.9. The van der Waals surface area contributed by atoms with Crippen LogP contribution >= 0.6 is 0 Å². The largest absolute Gasteiger partial charge is 0.455 e. The fourth-order valence-corrected chi connectivity index (χ4v) is 2.67. The number of para-hydroxylation sites is 3. The summed E-state index contributed by atoms with van der Waals surface area (Å²) in [6, 6.07) is 25.3. The molecule has 0 unspecified atom stereocenters. The van der Waals surface area contributed by atoms with E-state index in [0.29, 0.717) is 17.2 Å². The quantitative estimate of drug-likeness (QED) is 0.520. The van der Waals surface area contributed by atoms with Gasteiger partial charge in [-0.15, -0.1) is 0 Å². The smallest absolute Gasteiger partial charge is 0.325 e. The SMILES string of the molecule is O=C(Cc1ccccc1)NCC(=O)OCC(=O)Nc1ccccc1Oc1ccccc1. The summed E-state index contributed by atoms with van der Waals surface area (Å²) in [5.41, 5.74) is 1.28. The van der Waals surface area contributed by atoms with Crippen molar-refractivity contribution in [2.75, 3.05) is 18.5 Å². The first-order valence-corrected chi connectivity index (χ1v) is 9.68. The zero-order valence-corrected chi connectivity index (χ0v) is 16.7. The number of anilines is 1. The summed E-state index contributed by atoms with van der Waals surface area (Å²) in [5, 5.41) is 5.13. The molecule has 3 aromatic carbocycles. The molecule has 0 radical (unpaired) electrons. The van der Waals surface area contributed by atoms with E-state index in [0.717, 1.165) is 5.56 Å². The molecular weight excluding hydrogens is 396 g/mol. The summed E-state index contributed by atoms with van der Waals surface area (Å²) in [4.78, 5) is 35.9. The van der Waals surface area contributed by atoms with Gasteiger partial charge >= 0.3 is 5.97 Å². The number of ether oxygens (including phenoxy) is 2. The fourth-order valence-electron chi connectivity index (χ4n) is 2.67. The number of hydrogen-bond donors (Lipinski definition) is 2. The highest BCUT2D eigenvalue weighted by Gasteiger charge is 2.12. The van der Waals surface area contributed by atoms with Crippen molar-refractivity contribution in [3.63, 3.8) is 0 Å². The lowest BCUT2D eigenvalue weighted by molar-refractivity contribution is -0.147. The maximum atomic E-state index is 12.2. The molecule has 7 nitrogen and oxygen atoms in total. The zero-order valence-electron chi connectivity index (χ0n) is 16.7. The molecule has 158 valence electrons. The highest BCUT2D eigenvalue weighted by Crippen LogP contribution is 2.28. The molecule has 0 saturated carbocycles. The van der Waals surface area contributed by atoms with Gasteiger partial charge in [-0.25, -0.2) is 0 Å². The van der Waals surface area contributed by atoms with Gasteiger partial charge in [-0.1, -0.05) is 60.7 Å². The third-order valence-electron chi connectivity index (χ3n) is 4.13. The molecule has 3 aromatic rings. The second-order valence-electron chi connectivity index (χ2n) is 6.56. The van der Waals surface area contributed by atoms with Crippen molar-refractivity contribution in [1.29, 1.82) is 0 Å². The van der Waals surface area contributed by atoms with Gasteiger partial charge in [0, 0.05) is 0 Å². The van der Waals surface area contributed by atoms with Gasteiger partial charge in [0.25, 0.3) is 5.91 Å². The van der Waals surface area contributed by atoms with E-state index in [2.05, 4.69) is 10.6 Å². The number of nitrogens with one attached hydrogen (secondary N) is 2. The second-order valence-corrected chi connectivity index (χ2v) is 6.56. The molecule has 0 aromatic heterocycles. The van der Waals surface area contributed by atoms with Gasteiger partial charge in [-0.3, -0.25) is 14.4 Å². The minimum Gasteiger partial charge on any atom is -0.455 e. The average molecular weight is 418 g/mol. The molecule has 0 saturated heterocycles. The summed E-state index contributed by atoms with van der Waals surface area (Å²) in [6.07, 6.45) is 0.160. The van der Waals surface area contributed by atoms with Crippen LogP contribution in [0.1, 0.15) is 5.56 Å². The number of amides is 2. The van der Waals surface area contributed by atoms with Crippen molar-refractivity contribution < 1.29 is 23.9 Å². The van der Waals surface area contributed by atoms with Gasteiger partial charge in [-0.05, 0) is 29.8 Å². The Hall–Kier alpha value is -4.13. The van der Waals surface area contributed by atoms with E-state index in [9.17, 15) is 14.4 Å². The molecule has 7 heteroatoms. The Bertz CT molecular complexity index is 1020. The van der Waals surface area contributed by atoms with Crippen molar-refractivity contribution in [1.82, 2.24) is 5.32 Å². The summed E-state index contributed by atoms with van der Waals surface area (Å²) in [6.45, 7) is -0.792. The van der Waals surface area contributed by atoms with Crippen molar-refractivity contribution in [2.24, 2.45) is 0 Å².